The number of carboxylic acids is 1. The fourth-order valence-corrected chi connectivity index (χ4v) is 1.05. The average Bonchev–Trinajstić information content (AvgIpc) is 2.46. The predicted molar refractivity (Wildman–Crippen MR) is 38.7 cm³/mol. The first-order valence-corrected chi connectivity index (χ1v) is 3.60. The van der Waals surface area contributed by atoms with Crippen LogP contribution in [0.15, 0.2) is 11.6 Å². The highest BCUT2D eigenvalue weighted by atomic mass is 16.4. The van der Waals surface area contributed by atoms with Crippen molar-refractivity contribution in [3.8, 4) is 0 Å². The van der Waals surface area contributed by atoms with Crippen LogP contribution in [-0.2, 0) is 4.79 Å². The van der Waals surface area contributed by atoms with Gasteiger partial charge in [-0.1, -0.05) is 11.6 Å². The van der Waals surface area contributed by atoms with E-state index in [1.165, 1.54) is 5.57 Å². The normalized spacial score (nSPS) is 22.1. The molecule has 1 rings (SSSR count). The SMILES string of the molecule is CC1=CC1CCCC(=O)O. The lowest BCUT2D eigenvalue weighted by atomic mass is 10.1. The van der Waals surface area contributed by atoms with Gasteiger partial charge >= 0.3 is 5.97 Å². The third kappa shape index (κ3) is 2.21. The van der Waals surface area contributed by atoms with Gasteiger partial charge in [0.25, 0.3) is 0 Å². The second kappa shape index (κ2) is 2.86. The van der Waals surface area contributed by atoms with E-state index >= 15 is 0 Å². The van der Waals surface area contributed by atoms with Gasteiger partial charge in [-0.15, -0.1) is 0 Å². The summed E-state index contributed by atoms with van der Waals surface area (Å²) >= 11 is 0. The van der Waals surface area contributed by atoms with Gasteiger partial charge in [0.15, 0.2) is 0 Å². The minimum absolute atomic E-state index is 0.317. The molecule has 0 saturated heterocycles. The Morgan fingerprint density at radius 2 is 2.40 bits per heavy atom. The van der Waals surface area contributed by atoms with Crippen LogP contribution >= 0.6 is 0 Å². The smallest absolute Gasteiger partial charge is 0.303 e. The largest absolute Gasteiger partial charge is 0.481 e. The summed E-state index contributed by atoms with van der Waals surface area (Å²) in [6, 6.07) is 0. The second-order valence-corrected chi connectivity index (χ2v) is 2.80. The van der Waals surface area contributed by atoms with E-state index in [0.717, 1.165) is 12.8 Å². The number of allylic oxidation sites excluding steroid dienone is 2. The van der Waals surface area contributed by atoms with E-state index in [2.05, 4.69) is 13.0 Å². The van der Waals surface area contributed by atoms with Crippen molar-refractivity contribution in [3.63, 3.8) is 0 Å². The standard InChI is InChI=1S/C8H12O2/c1-6-5-7(6)3-2-4-8(9)10/h5,7H,2-4H2,1H3,(H,9,10). The first kappa shape index (κ1) is 7.32. The molecule has 1 aliphatic rings. The molecule has 2 nitrogen and oxygen atoms in total. The molecule has 0 aromatic heterocycles. The molecule has 0 saturated carbocycles. The van der Waals surface area contributed by atoms with E-state index < -0.39 is 5.97 Å². The summed E-state index contributed by atoms with van der Waals surface area (Å²) in [6.07, 6.45) is 4.34. The molecular weight excluding hydrogens is 128 g/mol. The van der Waals surface area contributed by atoms with Crippen LogP contribution < -0.4 is 0 Å². The Hall–Kier alpha value is -0.790. The second-order valence-electron chi connectivity index (χ2n) is 2.80. The molecule has 56 valence electrons. The van der Waals surface area contributed by atoms with Crippen LogP contribution in [0.1, 0.15) is 26.2 Å². The maximum absolute atomic E-state index is 10.1. The zero-order chi connectivity index (χ0) is 7.56. The van der Waals surface area contributed by atoms with Crippen LogP contribution in [0.4, 0.5) is 0 Å². The Labute approximate surface area is 60.6 Å². The van der Waals surface area contributed by atoms with E-state index in [0.29, 0.717) is 12.3 Å². The fourth-order valence-electron chi connectivity index (χ4n) is 1.05. The van der Waals surface area contributed by atoms with Gasteiger partial charge in [0.05, 0.1) is 0 Å². The third-order valence-corrected chi connectivity index (χ3v) is 1.85. The zero-order valence-electron chi connectivity index (χ0n) is 6.13. The summed E-state index contributed by atoms with van der Waals surface area (Å²) < 4.78 is 0. The van der Waals surface area contributed by atoms with E-state index in [1.54, 1.807) is 0 Å². The van der Waals surface area contributed by atoms with Gasteiger partial charge in [-0.2, -0.15) is 0 Å². The van der Waals surface area contributed by atoms with Crippen molar-refractivity contribution in [2.75, 3.05) is 0 Å². The summed E-state index contributed by atoms with van der Waals surface area (Å²) in [4.78, 5) is 10.1. The topological polar surface area (TPSA) is 37.3 Å². The van der Waals surface area contributed by atoms with Gasteiger partial charge in [-0.05, 0) is 25.7 Å². The van der Waals surface area contributed by atoms with Crippen LogP contribution in [0.3, 0.4) is 0 Å². The molecule has 1 unspecified atom stereocenters. The first-order chi connectivity index (χ1) is 4.70. The molecule has 0 aliphatic heterocycles. The Morgan fingerprint density at radius 3 is 2.80 bits per heavy atom. The first-order valence-electron chi connectivity index (χ1n) is 3.60. The van der Waals surface area contributed by atoms with Crippen molar-refractivity contribution < 1.29 is 9.90 Å². The lowest BCUT2D eigenvalue weighted by Crippen LogP contribution is -1.94. The summed E-state index contributed by atoms with van der Waals surface area (Å²) in [5.41, 5.74) is 1.42. The lowest BCUT2D eigenvalue weighted by molar-refractivity contribution is -0.137. The summed E-state index contributed by atoms with van der Waals surface area (Å²) in [6.45, 7) is 2.09. The Bertz CT molecular complexity index is 170. The molecule has 0 spiro atoms. The fraction of sp³-hybridized carbons (Fsp3) is 0.625. The van der Waals surface area contributed by atoms with E-state index in [4.69, 9.17) is 5.11 Å². The highest BCUT2D eigenvalue weighted by Gasteiger charge is 2.18. The van der Waals surface area contributed by atoms with Crippen molar-refractivity contribution in [2.24, 2.45) is 5.92 Å². The monoisotopic (exact) mass is 140 g/mol. The molecule has 0 bridgehead atoms. The third-order valence-electron chi connectivity index (χ3n) is 1.85. The lowest BCUT2D eigenvalue weighted by Gasteiger charge is -1.94. The quantitative estimate of drug-likeness (QED) is 0.605. The molecule has 0 radical (unpaired) electrons. The minimum atomic E-state index is -0.682. The van der Waals surface area contributed by atoms with Crippen LogP contribution in [0.25, 0.3) is 0 Å². The van der Waals surface area contributed by atoms with E-state index in [9.17, 15) is 4.79 Å². The number of carbonyl (C=O) groups is 1. The molecular formula is C8H12O2. The van der Waals surface area contributed by atoms with Gasteiger partial charge in [-0.25, -0.2) is 0 Å². The van der Waals surface area contributed by atoms with Crippen LogP contribution in [0.2, 0.25) is 0 Å². The van der Waals surface area contributed by atoms with Gasteiger partial charge in [0, 0.05) is 6.42 Å². The van der Waals surface area contributed by atoms with Gasteiger partial charge in [-0.3, -0.25) is 4.79 Å². The Kier molecular flexibility index (Phi) is 2.10. The summed E-state index contributed by atoms with van der Waals surface area (Å²) in [5.74, 6) is -0.0438. The molecule has 1 atom stereocenters. The van der Waals surface area contributed by atoms with E-state index in [-0.39, 0.29) is 0 Å². The number of carboxylic acid groups (broad SMARTS) is 1. The van der Waals surface area contributed by atoms with Crippen LogP contribution in [0.5, 0.6) is 0 Å². The number of rotatable bonds is 4. The molecule has 0 aromatic rings. The zero-order valence-corrected chi connectivity index (χ0v) is 6.13. The Balaban J connectivity index is 1.93. The maximum atomic E-state index is 10.1. The molecule has 10 heavy (non-hydrogen) atoms. The molecule has 1 aliphatic carbocycles. The predicted octanol–water partition coefficient (Wildman–Crippen LogP) is 1.82. The average molecular weight is 140 g/mol. The molecule has 0 heterocycles. The van der Waals surface area contributed by atoms with Crippen molar-refractivity contribution in [2.45, 2.75) is 26.2 Å². The van der Waals surface area contributed by atoms with Gasteiger partial charge < -0.3 is 5.11 Å². The van der Waals surface area contributed by atoms with Crippen LogP contribution in [-0.4, -0.2) is 11.1 Å². The molecule has 2 heteroatoms. The van der Waals surface area contributed by atoms with Gasteiger partial charge in [0.2, 0.25) is 0 Å². The summed E-state index contributed by atoms with van der Waals surface area (Å²) in [7, 11) is 0. The van der Waals surface area contributed by atoms with Crippen molar-refractivity contribution in [1.29, 1.82) is 0 Å². The van der Waals surface area contributed by atoms with Crippen LogP contribution in [0, 0.1) is 5.92 Å². The van der Waals surface area contributed by atoms with Gasteiger partial charge in [0.1, 0.15) is 0 Å². The number of hydrogen-bond donors (Lipinski definition) is 1. The minimum Gasteiger partial charge on any atom is -0.481 e. The number of hydrogen-bond acceptors (Lipinski definition) is 1. The van der Waals surface area contributed by atoms with Crippen molar-refractivity contribution in [1.82, 2.24) is 0 Å². The molecule has 1 N–H and O–H groups in total. The maximum Gasteiger partial charge on any atom is 0.303 e. The van der Waals surface area contributed by atoms with E-state index in [1.807, 2.05) is 0 Å². The molecule has 0 aromatic carbocycles. The summed E-state index contributed by atoms with van der Waals surface area (Å²) in [5, 5.41) is 8.30. The molecule has 0 amide bonds. The van der Waals surface area contributed by atoms with Crippen molar-refractivity contribution in [3.05, 3.63) is 11.6 Å². The van der Waals surface area contributed by atoms with Crippen molar-refractivity contribution >= 4 is 5.97 Å². The highest BCUT2D eigenvalue weighted by Crippen LogP contribution is 2.32. The number of aliphatic carboxylic acids is 1. The molecule has 0 fully saturated rings. The highest BCUT2D eigenvalue weighted by molar-refractivity contribution is 5.66. The Morgan fingerprint density at radius 1 is 1.80 bits per heavy atom.